The van der Waals surface area contributed by atoms with E-state index in [1.807, 2.05) is 18.3 Å². The number of ether oxygens (including phenoxy) is 1. The van der Waals surface area contributed by atoms with Crippen LogP contribution in [0.4, 0.5) is 5.13 Å². The second-order valence-electron chi connectivity index (χ2n) is 6.61. The van der Waals surface area contributed by atoms with Crippen molar-refractivity contribution in [3.05, 3.63) is 40.9 Å². The Bertz CT molecular complexity index is 699. The molecule has 3 rings (SSSR count). The molecule has 1 unspecified atom stereocenters. The number of thiazole rings is 1. The third-order valence-electron chi connectivity index (χ3n) is 4.50. The van der Waals surface area contributed by atoms with Crippen LogP contribution in [0.3, 0.4) is 0 Å². The van der Waals surface area contributed by atoms with E-state index in [1.165, 1.54) is 30.2 Å². The predicted octanol–water partition coefficient (Wildman–Crippen LogP) is 3.56. The first-order valence-electron chi connectivity index (χ1n) is 8.70. The number of benzene rings is 1. The Morgan fingerprint density at radius 3 is 2.92 bits per heavy atom. The molecule has 0 saturated carbocycles. The third kappa shape index (κ3) is 5.28. The molecule has 1 aliphatic rings. The summed E-state index contributed by atoms with van der Waals surface area (Å²) in [5.41, 5.74) is 1.37. The molecule has 1 saturated heterocycles. The molecule has 0 bridgehead atoms. The number of piperidine rings is 1. The number of hydrogen-bond acceptors (Lipinski definition) is 5. The Morgan fingerprint density at radius 1 is 1.40 bits per heavy atom. The molecule has 0 aliphatic carbocycles. The quantitative estimate of drug-likeness (QED) is 0.857. The zero-order valence-corrected chi connectivity index (χ0v) is 15.6. The number of hydrogen-bond donors (Lipinski definition) is 1. The summed E-state index contributed by atoms with van der Waals surface area (Å²) in [5, 5.41) is 3.44. The molecule has 0 spiro atoms. The lowest BCUT2D eigenvalue weighted by Crippen LogP contribution is -2.35. The van der Waals surface area contributed by atoms with Crippen molar-refractivity contribution >= 4 is 22.4 Å². The zero-order chi connectivity index (χ0) is 17.6. The van der Waals surface area contributed by atoms with Gasteiger partial charge in [-0.25, -0.2) is 4.98 Å². The Labute approximate surface area is 153 Å². The molecular formula is C19H25N3O2S. The normalized spacial score (nSPS) is 18.1. The molecule has 1 fully saturated rings. The van der Waals surface area contributed by atoms with Crippen LogP contribution in [-0.2, 0) is 17.8 Å². The molecule has 2 aromatic rings. The van der Waals surface area contributed by atoms with Gasteiger partial charge in [-0.3, -0.25) is 9.69 Å². The monoisotopic (exact) mass is 359 g/mol. The van der Waals surface area contributed by atoms with Gasteiger partial charge in [0.15, 0.2) is 5.13 Å². The second-order valence-corrected chi connectivity index (χ2v) is 7.72. The lowest BCUT2D eigenvalue weighted by atomic mass is 9.91. The van der Waals surface area contributed by atoms with Crippen LogP contribution in [0, 0.1) is 5.92 Å². The van der Waals surface area contributed by atoms with Crippen molar-refractivity contribution in [3.63, 3.8) is 0 Å². The Balaban J connectivity index is 1.53. The molecular weight excluding hydrogens is 334 g/mol. The van der Waals surface area contributed by atoms with E-state index >= 15 is 0 Å². The van der Waals surface area contributed by atoms with E-state index in [2.05, 4.69) is 27.3 Å². The Morgan fingerprint density at radius 2 is 2.20 bits per heavy atom. The van der Waals surface area contributed by atoms with Gasteiger partial charge in [0.2, 0.25) is 5.91 Å². The van der Waals surface area contributed by atoms with Crippen molar-refractivity contribution < 1.29 is 9.53 Å². The maximum Gasteiger partial charge on any atom is 0.223 e. The summed E-state index contributed by atoms with van der Waals surface area (Å²) in [6.07, 6.45) is 5.50. The molecule has 134 valence electrons. The fourth-order valence-corrected chi connectivity index (χ4v) is 4.27. The molecule has 2 heterocycles. The Kier molecular flexibility index (Phi) is 6.04. The van der Waals surface area contributed by atoms with Crippen molar-refractivity contribution in [2.75, 3.05) is 25.5 Å². The molecule has 1 aromatic heterocycles. The highest BCUT2D eigenvalue weighted by atomic mass is 32.1. The number of nitrogens with zero attached hydrogens (tertiary/aromatic N) is 2. The van der Waals surface area contributed by atoms with Crippen molar-refractivity contribution in [2.45, 2.75) is 32.7 Å². The summed E-state index contributed by atoms with van der Waals surface area (Å²) < 4.78 is 5.23. The van der Waals surface area contributed by atoms with Gasteiger partial charge in [-0.15, -0.1) is 11.3 Å². The van der Waals surface area contributed by atoms with Gasteiger partial charge in [-0.1, -0.05) is 12.1 Å². The van der Waals surface area contributed by atoms with E-state index in [9.17, 15) is 4.79 Å². The third-order valence-corrected chi connectivity index (χ3v) is 5.40. The van der Waals surface area contributed by atoms with Gasteiger partial charge in [0.1, 0.15) is 5.75 Å². The first-order valence-corrected chi connectivity index (χ1v) is 9.51. The van der Waals surface area contributed by atoms with Crippen LogP contribution in [0.15, 0.2) is 30.5 Å². The number of carbonyl (C=O) groups excluding carboxylic acids is 1. The number of likely N-dealkylation sites (tertiary alicyclic amines) is 1. The van der Waals surface area contributed by atoms with E-state index in [0.717, 1.165) is 31.8 Å². The molecule has 1 atom stereocenters. The zero-order valence-electron chi connectivity index (χ0n) is 14.8. The summed E-state index contributed by atoms with van der Waals surface area (Å²) in [6, 6.07) is 8.41. The highest BCUT2D eigenvalue weighted by Crippen LogP contribution is 2.25. The minimum atomic E-state index is -0.0709. The van der Waals surface area contributed by atoms with Gasteiger partial charge < -0.3 is 10.1 Å². The van der Waals surface area contributed by atoms with E-state index < -0.39 is 0 Å². The maximum atomic E-state index is 11.1. The number of carbonyl (C=O) groups is 1. The van der Waals surface area contributed by atoms with Gasteiger partial charge >= 0.3 is 0 Å². The smallest absolute Gasteiger partial charge is 0.223 e. The first-order chi connectivity index (χ1) is 12.1. The average molecular weight is 359 g/mol. The lowest BCUT2D eigenvalue weighted by Gasteiger charge is -2.32. The van der Waals surface area contributed by atoms with Crippen LogP contribution >= 0.6 is 11.3 Å². The largest absolute Gasteiger partial charge is 0.497 e. The maximum absolute atomic E-state index is 11.1. The highest BCUT2D eigenvalue weighted by Gasteiger charge is 2.21. The van der Waals surface area contributed by atoms with Gasteiger partial charge in [-0.05, 0) is 49.4 Å². The molecule has 0 radical (unpaired) electrons. The fraction of sp³-hybridized carbons (Fsp3) is 0.474. The standard InChI is InChI=1S/C19H25N3O2S/c1-14(23)21-19-20-11-18(25-19)13-22-9-3-4-16(12-22)10-15-5-7-17(24-2)8-6-15/h5-8,11,16H,3-4,9-10,12-13H2,1-2H3,(H,20,21,23). The van der Waals surface area contributed by atoms with Crippen molar-refractivity contribution in [1.29, 1.82) is 0 Å². The number of amides is 1. The van der Waals surface area contributed by atoms with E-state index in [-0.39, 0.29) is 5.91 Å². The number of anilines is 1. The topological polar surface area (TPSA) is 54.5 Å². The minimum absolute atomic E-state index is 0.0709. The number of nitrogens with one attached hydrogen (secondary N) is 1. The molecule has 1 N–H and O–H groups in total. The minimum Gasteiger partial charge on any atom is -0.497 e. The summed E-state index contributed by atoms with van der Waals surface area (Å²) in [6.45, 7) is 4.66. The number of rotatable bonds is 6. The average Bonchev–Trinajstić information content (AvgIpc) is 3.02. The highest BCUT2D eigenvalue weighted by molar-refractivity contribution is 7.15. The molecule has 1 aromatic carbocycles. The first kappa shape index (κ1) is 17.9. The molecule has 5 nitrogen and oxygen atoms in total. The molecule has 25 heavy (non-hydrogen) atoms. The van der Waals surface area contributed by atoms with Crippen LogP contribution in [0.25, 0.3) is 0 Å². The van der Waals surface area contributed by atoms with Crippen molar-refractivity contribution in [2.24, 2.45) is 5.92 Å². The van der Waals surface area contributed by atoms with E-state index in [1.54, 1.807) is 18.4 Å². The summed E-state index contributed by atoms with van der Waals surface area (Å²) in [4.78, 5) is 19.1. The fourth-order valence-electron chi connectivity index (χ4n) is 3.37. The molecule has 6 heteroatoms. The summed E-state index contributed by atoms with van der Waals surface area (Å²) in [5.74, 6) is 1.53. The van der Waals surface area contributed by atoms with E-state index in [0.29, 0.717) is 11.0 Å². The summed E-state index contributed by atoms with van der Waals surface area (Å²) >= 11 is 1.57. The summed E-state index contributed by atoms with van der Waals surface area (Å²) in [7, 11) is 1.70. The van der Waals surface area contributed by atoms with Gasteiger partial charge in [-0.2, -0.15) is 0 Å². The van der Waals surface area contributed by atoms with Crippen molar-refractivity contribution in [3.8, 4) is 5.75 Å². The molecule has 1 aliphatic heterocycles. The van der Waals surface area contributed by atoms with Crippen LogP contribution in [0.1, 0.15) is 30.2 Å². The van der Waals surface area contributed by atoms with Crippen LogP contribution in [0.5, 0.6) is 5.75 Å². The molecule has 1 amide bonds. The Hall–Kier alpha value is -1.92. The lowest BCUT2D eigenvalue weighted by molar-refractivity contribution is -0.114. The number of aromatic nitrogens is 1. The van der Waals surface area contributed by atoms with Gasteiger partial charge in [0.25, 0.3) is 0 Å². The van der Waals surface area contributed by atoms with Crippen LogP contribution in [-0.4, -0.2) is 36.0 Å². The second kappa shape index (κ2) is 8.45. The van der Waals surface area contributed by atoms with Gasteiger partial charge in [0, 0.05) is 31.1 Å². The van der Waals surface area contributed by atoms with Gasteiger partial charge in [0.05, 0.1) is 7.11 Å². The number of methoxy groups -OCH3 is 1. The predicted molar refractivity (Wildman–Crippen MR) is 101 cm³/mol. The van der Waals surface area contributed by atoms with Crippen LogP contribution < -0.4 is 10.1 Å². The van der Waals surface area contributed by atoms with Crippen LogP contribution in [0.2, 0.25) is 0 Å². The van der Waals surface area contributed by atoms with Crippen molar-refractivity contribution in [1.82, 2.24) is 9.88 Å². The SMILES string of the molecule is COc1ccc(CC2CCCN(Cc3cnc(NC(C)=O)s3)C2)cc1. The van der Waals surface area contributed by atoms with E-state index in [4.69, 9.17) is 4.74 Å².